The van der Waals surface area contributed by atoms with Crippen molar-refractivity contribution in [2.45, 2.75) is 32.4 Å². The van der Waals surface area contributed by atoms with Gasteiger partial charge in [-0.05, 0) is 63.2 Å². The fourth-order valence-corrected chi connectivity index (χ4v) is 3.59. The van der Waals surface area contributed by atoms with Gasteiger partial charge in [0.1, 0.15) is 0 Å². The molecule has 29 heavy (non-hydrogen) atoms. The molecule has 0 aliphatic carbocycles. The van der Waals surface area contributed by atoms with Gasteiger partial charge in [0.05, 0.1) is 6.61 Å². The van der Waals surface area contributed by atoms with Crippen LogP contribution in [0.25, 0.3) is 0 Å². The number of nitrogens with one attached hydrogen (secondary N) is 2. The minimum Gasteiger partial charge on any atom is -0.490 e. The topological polar surface area (TPSA) is 62.8 Å². The minimum absolute atomic E-state index is 0.0652. The maximum absolute atomic E-state index is 12.2. The molecule has 1 aliphatic rings. The molecule has 0 radical (unpaired) electrons. The lowest BCUT2D eigenvalue weighted by Crippen LogP contribution is -2.43. The van der Waals surface area contributed by atoms with Crippen LogP contribution in [0.3, 0.4) is 0 Å². The van der Waals surface area contributed by atoms with E-state index in [1.165, 1.54) is 18.4 Å². The van der Waals surface area contributed by atoms with Gasteiger partial charge in [-0.3, -0.25) is 9.69 Å². The number of hydrogen-bond donors (Lipinski definition) is 2. The van der Waals surface area contributed by atoms with E-state index in [0.29, 0.717) is 24.1 Å². The summed E-state index contributed by atoms with van der Waals surface area (Å²) in [6, 6.07) is 15.9. The number of ether oxygens (including phenoxy) is 2. The number of carbonyl (C=O) groups excluding carboxylic acids is 1. The quantitative estimate of drug-likeness (QED) is 0.680. The zero-order valence-electron chi connectivity index (χ0n) is 17.3. The van der Waals surface area contributed by atoms with Crippen molar-refractivity contribution < 1.29 is 14.3 Å². The predicted molar refractivity (Wildman–Crippen MR) is 116 cm³/mol. The Morgan fingerprint density at radius 1 is 1.14 bits per heavy atom. The fourth-order valence-electron chi connectivity index (χ4n) is 3.59. The lowest BCUT2D eigenvalue weighted by Gasteiger charge is -2.32. The molecule has 1 saturated heterocycles. The molecule has 1 heterocycles. The second-order valence-electron chi connectivity index (χ2n) is 7.28. The predicted octanol–water partition coefficient (Wildman–Crippen LogP) is 3.29. The van der Waals surface area contributed by atoms with Crippen molar-refractivity contribution in [2.75, 3.05) is 38.7 Å². The van der Waals surface area contributed by atoms with Crippen molar-refractivity contribution >= 4 is 11.6 Å². The number of nitrogens with zero attached hydrogens (tertiary/aromatic N) is 1. The van der Waals surface area contributed by atoms with Gasteiger partial charge in [0.2, 0.25) is 0 Å². The van der Waals surface area contributed by atoms with Crippen LogP contribution in [0.5, 0.6) is 11.5 Å². The molecule has 1 fully saturated rings. The normalized spacial score (nSPS) is 17.0. The van der Waals surface area contributed by atoms with Gasteiger partial charge in [0, 0.05) is 24.8 Å². The summed E-state index contributed by atoms with van der Waals surface area (Å²) in [6.07, 6.45) is 2.44. The number of hydrogen-bond acceptors (Lipinski definition) is 5. The fraction of sp³-hybridized carbons (Fsp3) is 0.435. The number of likely N-dealkylation sites (tertiary alicyclic amines) is 1. The van der Waals surface area contributed by atoms with E-state index >= 15 is 0 Å². The van der Waals surface area contributed by atoms with Crippen molar-refractivity contribution in [1.29, 1.82) is 0 Å². The van der Waals surface area contributed by atoms with Gasteiger partial charge < -0.3 is 20.1 Å². The molecule has 0 aromatic heterocycles. The summed E-state index contributed by atoms with van der Waals surface area (Å²) in [7, 11) is 2.03. The number of para-hydroxylation sites is 1. The number of carbonyl (C=O) groups is 1. The van der Waals surface area contributed by atoms with E-state index in [4.69, 9.17) is 9.47 Å². The van der Waals surface area contributed by atoms with Crippen molar-refractivity contribution in [2.24, 2.45) is 0 Å². The van der Waals surface area contributed by atoms with Crippen molar-refractivity contribution in [1.82, 2.24) is 10.2 Å². The molecule has 0 spiro atoms. The molecule has 2 aromatic carbocycles. The Morgan fingerprint density at radius 2 is 1.97 bits per heavy atom. The molecule has 0 saturated carbocycles. The summed E-state index contributed by atoms with van der Waals surface area (Å²) in [5, 5.41) is 6.20. The maximum Gasteiger partial charge on any atom is 0.262 e. The van der Waals surface area contributed by atoms with Crippen LogP contribution in [0.2, 0.25) is 0 Å². The highest BCUT2D eigenvalue weighted by Gasteiger charge is 2.19. The molecular weight excluding hydrogens is 366 g/mol. The molecule has 1 aliphatic heterocycles. The van der Waals surface area contributed by atoms with E-state index in [1.807, 2.05) is 56.4 Å². The third-order valence-corrected chi connectivity index (χ3v) is 5.04. The Balaban J connectivity index is 1.59. The second-order valence-corrected chi connectivity index (χ2v) is 7.28. The molecule has 0 bridgehead atoms. The Hall–Kier alpha value is -2.57. The lowest BCUT2D eigenvalue weighted by molar-refractivity contribution is -0.118. The number of rotatable bonds is 9. The Kier molecular flexibility index (Phi) is 7.90. The highest BCUT2D eigenvalue weighted by atomic mass is 16.5. The molecule has 1 atom stereocenters. The highest BCUT2D eigenvalue weighted by molar-refractivity contribution is 5.91. The molecule has 2 N–H and O–H groups in total. The van der Waals surface area contributed by atoms with Gasteiger partial charge in [0.15, 0.2) is 18.1 Å². The highest BCUT2D eigenvalue weighted by Crippen LogP contribution is 2.29. The second kappa shape index (κ2) is 10.8. The SMILES string of the molecule is CCOc1cc(CN2CCCC(NC)C2)ccc1OCC(=O)Nc1ccccc1. The lowest BCUT2D eigenvalue weighted by atomic mass is 10.0. The Labute approximate surface area is 173 Å². The number of amides is 1. The third kappa shape index (κ3) is 6.48. The van der Waals surface area contributed by atoms with Crippen LogP contribution in [0.1, 0.15) is 25.3 Å². The van der Waals surface area contributed by atoms with Crippen molar-refractivity contribution in [3.63, 3.8) is 0 Å². The van der Waals surface area contributed by atoms with Crippen LogP contribution < -0.4 is 20.1 Å². The monoisotopic (exact) mass is 397 g/mol. The minimum atomic E-state index is -0.200. The van der Waals surface area contributed by atoms with E-state index in [0.717, 1.165) is 25.3 Å². The average molecular weight is 398 g/mol. The average Bonchev–Trinajstić information content (AvgIpc) is 2.74. The van der Waals surface area contributed by atoms with Gasteiger partial charge in [-0.2, -0.15) is 0 Å². The molecular formula is C23H31N3O3. The molecule has 1 unspecified atom stereocenters. The van der Waals surface area contributed by atoms with Gasteiger partial charge in [-0.25, -0.2) is 0 Å². The van der Waals surface area contributed by atoms with Gasteiger partial charge in [0.25, 0.3) is 5.91 Å². The van der Waals surface area contributed by atoms with Crippen molar-refractivity contribution in [3.05, 3.63) is 54.1 Å². The number of likely N-dealkylation sites (N-methyl/N-ethyl adjacent to an activating group) is 1. The summed E-state index contributed by atoms with van der Waals surface area (Å²) >= 11 is 0. The number of piperidine rings is 1. The third-order valence-electron chi connectivity index (χ3n) is 5.04. The molecule has 156 valence electrons. The van der Waals surface area contributed by atoms with E-state index in [1.54, 1.807) is 0 Å². The van der Waals surface area contributed by atoms with Gasteiger partial charge in [-0.1, -0.05) is 24.3 Å². The summed E-state index contributed by atoms with van der Waals surface area (Å²) in [6.45, 7) is 5.47. The molecule has 2 aromatic rings. The van der Waals surface area contributed by atoms with Crippen LogP contribution in [0.4, 0.5) is 5.69 Å². The summed E-state index contributed by atoms with van der Waals surface area (Å²) in [5.41, 5.74) is 1.94. The maximum atomic E-state index is 12.2. The zero-order valence-corrected chi connectivity index (χ0v) is 17.3. The first-order valence-electron chi connectivity index (χ1n) is 10.3. The standard InChI is InChI=1S/C23H31N3O3/c1-3-28-22-14-18(15-26-13-7-10-20(16-26)24-2)11-12-21(22)29-17-23(27)25-19-8-5-4-6-9-19/h4-6,8-9,11-12,14,20,24H,3,7,10,13,15-17H2,1-2H3,(H,25,27). The van der Waals surface area contributed by atoms with E-state index < -0.39 is 0 Å². The van der Waals surface area contributed by atoms with Gasteiger partial charge in [-0.15, -0.1) is 0 Å². The van der Waals surface area contributed by atoms with Crippen molar-refractivity contribution in [3.8, 4) is 11.5 Å². The van der Waals surface area contributed by atoms with E-state index in [9.17, 15) is 4.79 Å². The molecule has 1 amide bonds. The zero-order chi connectivity index (χ0) is 20.5. The van der Waals surface area contributed by atoms with Gasteiger partial charge >= 0.3 is 0 Å². The summed E-state index contributed by atoms with van der Waals surface area (Å²) in [5.74, 6) is 1.07. The molecule has 3 rings (SSSR count). The first kappa shape index (κ1) is 21.1. The number of anilines is 1. The van der Waals surface area contributed by atoms with Crippen LogP contribution in [-0.4, -0.2) is 50.2 Å². The van der Waals surface area contributed by atoms with Crippen LogP contribution >= 0.6 is 0 Å². The van der Waals surface area contributed by atoms with Crippen LogP contribution in [0.15, 0.2) is 48.5 Å². The van der Waals surface area contributed by atoms with E-state index in [-0.39, 0.29) is 12.5 Å². The molecule has 6 heteroatoms. The van der Waals surface area contributed by atoms with E-state index in [2.05, 4.69) is 21.6 Å². The van der Waals surface area contributed by atoms with Crippen LogP contribution in [-0.2, 0) is 11.3 Å². The summed E-state index contributed by atoms with van der Waals surface area (Å²) in [4.78, 5) is 14.6. The number of benzene rings is 2. The first-order valence-corrected chi connectivity index (χ1v) is 10.3. The smallest absolute Gasteiger partial charge is 0.262 e. The molecule has 6 nitrogen and oxygen atoms in total. The largest absolute Gasteiger partial charge is 0.490 e. The first-order chi connectivity index (χ1) is 14.2. The summed E-state index contributed by atoms with van der Waals surface area (Å²) < 4.78 is 11.5. The van der Waals surface area contributed by atoms with Crippen LogP contribution in [0, 0.1) is 0 Å². The Morgan fingerprint density at radius 3 is 2.72 bits per heavy atom. The Bertz CT molecular complexity index is 782.